The standard InChI is InChI=1S/C18H21N5O3/c1-11(12-7-5-4-6-8-12)19-18(24)21-15-9-13-16(14(20-15)10-25-2)17(26-3)23-22-13/h4-9,11H,10H2,1-3H3,(H,22,23)(H2,19,20,21,24). The van der Waals surface area contributed by atoms with E-state index in [4.69, 9.17) is 9.47 Å². The Balaban J connectivity index is 1.78. The van der Waals surface area contributed by atoms with Crippen LogP contribution in [0.25, 0.3) is 10.9 Å². The molecule has 1 aromatic carbocycles. The van der Waals surface area contributed by atoms with Gasteiger partial charge in [-0.15, -0.1) is 5.10 Å². The van der Waals surface area contributed by atoms with Crippen LogP contribution >= 0.6 is 0 Å². The second kappa shape index (κ2) is 7.83. The number of pyridine rings is 1. The largest absolute Gasteiger partial charge is 0.479 e. The first-order valence-electron chi connectivity index (χ1n) is 8.15. The number of rotatable bonds is 6. The molecule has 2 aromatic heterocycles. The molecule has 3 N–H and O–H groups in total. The zero-order valence-corrected chi connectivity index (χ0v) is 14.9. The van der Waals surface area contributed by atoms with E-state index in [1.54, 1.807) is 13.2 Å². The second-order valence-electron chi connectivity index (χ2n) is 5.77. The van der Waals surface area contributed by atoms with E-state index in [2.05, 4.69) is 25.8 Å². The van der Waals surface area contributed by atoms with E-state index in [1.807, 2.05) is 37.3 Å². The van der Waals surface area contributed by atoms with E-state index < -0.39 is 0 Å². The highest BCUT2D eigenvalue weighted by atomic mass is 16.5. The summed E-state index contributed by atoms with van der Waals surface area (Å²) in [7, 11) is 3.12. The van der Waals surface area contributed by atoms with Crippen LogP contribution in [-0.2, 0) is 11.3 Å². The maximum atomic E-state index is 12.3. The Hall–Kier alpha value is -3.13. The van der Waals surface area contributed by atoms with Gasteiger partial charge in [-0.1, -0.05) is 30.3 Å². The normalized spacial score (nSPS) is 12.0. The molecule has 3 aromatic rings. The Labute approximate surface area is 150 Å². The number of anilines is 1. The minimum Gasteiger partial charge on any atom is -0.479 e. The fourth-order valence-corrected chi connectivity index (χ4v) is 2.72. The third-order valence-corrected chi connectivity index (χ3v) is 3.95. The molecule has 8 nitrogen and oxygen atoms in total. The number of hydrogen-bond acceptors (Lipinski definition) is 5. The number of ether oxygens (including phenoxy) is 2. The topological polar surface area (TPSA) is 101 Å². The average Bonchev–Trinajstić information content (AvgIpc) is 3.06. The SMILES string of the molecule is COCc1nc(NC(=O)NC(C)c2ccccc2)cc2[nH]nc(OC)c12. The Morgan fingerprint density at radius 1 is 1.27 bits per heavy atom. The number of H-pyrrole nitrogens is 1. The van der Waals surface area contributed by atoms with Gasteiger partial charge in [0.2, 0.25) is 5.88 Å². The summed E-state index contributed by atoms with van der Waals surface area (Å²) in [5.74, 6) is 0.835. The Bertz CT molecular complexity index is 894. The predicted octanol–water partition coefficient (Wildman–Crippen LogP) is 3.00. The molecule has 1 atom stereocenters. The van der Waals surface area contributed by atoms with Crippen LogP contribution in [0.5, 0.6) is 5.88 Å². The summed E-state index contributed by atoms with van der Waals surface area (Å²) < 4.78 is 10.4. The smallest absolute Gasteiger partial charge is 0.320 e. The Morgan fingerprint density at radius 3 is 2.73 bits per heavy atom. The number of amides is 2. The van der Waals surface area contributed by atoms with E-state index in [0.717, 1.165) is 10.9 Å². The fraction of sp³-hybridized carbons (Fsp3) is 0.278. The summed E-state index contributed by atoms with van der Waals surface area (Å²) in [5, 5.41) is 13.3. The monoisotopic (exact) mass is 355 g/mol. The van der Waals surface area contributed by atoms with Crippen molar-refractivity contribution in [1.29, 1.82) is 0 Å². The van der Waals surface area contributed by atoms with Gasteiger partial charge in [0, 0.05) is 13.2 Å². The van der Waals surface area contributed by atoms with E-state index in [1.165, 1.54) is 7.11 Å². The highest BCUT2D eigenvalue weighted by Crippen LogP contribution is 2.27. The van der Waals surface area contributed by atoms with Gasteiger partial charge in [0.05, 0.1) is 36.4 Å². The third kappa shape index (κ3) is 3.75. The summed E-state index contributed by atoms with van der Waals surface area (Å²) in [6, 6.07) is 11.0. The molecule has 1 unspecified atom stereocenters. The molecule has 136 valence electrons. The van der Waals surface area contributed by atoms with Crippen LogP contribution in [0.2, 0.25) is 0 Å². The van der Waals surface area contributed by atoms with E-state index in [-0.39, 0.29) is 18.7 Å². The predicted molar refractivity (Wildman–Crippen MR) is 98.2 cm³/mol. The van der Waals surface area contributed by atoms with Gasteiger partial charge in [-0.05, 0) is 12.5 Å². The third-order valence-electron chi connectivity index (χ3n) is 3.95. The molecule has 8 heteroatoms. The summed E-state index contributed by atoms with van der Waals surface area (Å²) in [6.07, 6.45) is 0. The van der Waals surface area contributed by atoms with E-state index >= 15 is 0 Å². The van der Waals surface area contributed by atoms with Crippen molar-refractivity contribution in [3.63, 3.8) is 0 Å². The van der Waals surface area contributed by atoms with Gasteiger partial charge in [0.25, 0.3) is 0 Å². The van der Waals surface area contributed by atoms with Crippen LogP contribution < -0.4 is 15.4 Å². The minimum absolute atomic E-state index is 0.134. The van der Waals surface area contributed by atoms with Crippen LogP contribution in [0.1, 0.15) is 24.2 Å². The number of nitrogens with zero attached hydrogens (tertiary/aromatic N) is 2. The number of fused-ring (bicyclic) bond motifs is 1. The van der Waals surface area contributed by atoms with Crippen molar-refractivity contribution >= 4 is 22.8 Å². The number of nitrogens with one attached hydrogen (secondary N) is 3. The molecule has 2 heterocycles. The molecule has 0 bridgehead atoms. The van der Waals surface area contributed by atoms with Crippen molar-refractivity contribution in [1.82, 2.24) is 20.5 Å². The molecule has 3 rings (SSSR count). The number of carbonyl (C=O) groups is 1. The molecule has 26 heavy (non-hydrogen) atoms. The molecule has 0 radical (unpaired) electrons. The molecule has 0 spiro atoms. The lowest BCUT2D eigenvalue weighted by Crippen LogP contribution is -2.31. The second-order valence-corrected chi connectivity index (χ2v) is 5.77. The number of hydrogen-bond donors (Lipinski definition) is 3. The van der Waals surface area contributed by atoms with Gasteiger partial charge in [0.1, 0.15) is 5.82 Å². The summed E-state index contributed by atoms with van der Waals surface area (Å²) in [5.41, 5.74) is 2.35. The van der Waals surface area contributed by atoms with Crippen molar-refractivity contribution in [3.05, 3.63) is 47.7 Å². The average molecular weight is 355 g/mol. The first-order valence-corrected chi connectivity index (χ1v) is 8.15. The first-order chi connectivity index (χ1) is 12.6. The summed E-state index contributed by atoms with van der Waals surface area (Å²) in [4.78, 5) is 16.8. The molecular formula is C18H21N5O3. The van der Waals surface area contributed by atoms with Crippen molar-refractivity contribution in [2.75, 3.05) is 19.5 Å². The van der Waals surface area contributed by atoms with Crippen LogP contribution in [0.3, 0.4) is 0 Å². The number of carbonyl (C=O) groups excluding carboxylic acids is 1. The first kappa shape index (κ1) is 17.7. The minimum atomic E-state index is -0.344. The van der Waals surface area contributed by atoms with Crippen molar-refractivity contribution in [2.24, 2.45) is 0 Å². The summed E-state index contributed by atoms with van der Waals surface area (Å²) in [6.45, 7) is 2.19. The lowest BCUT2D eigenvalue weighted by atomic mass is 10.1. The van der Waals surface area contributed by atoms with E-state index in [0.29, 0.717) is 22.9 Å². The molecule has 2 amide bonds. The van der Waals surface area contributed by atoms with Gasteiger partial charge in [-0.2, -0.15) is 0 Å². The molecule has 0 aliphatic heterocycles. The van der Waals surface area contributed by atoms with Crippen molar-refractivity contribution in [2.45, 2.75) is 19.6 Å². The number of urea groups is 1. The lowest BCUT2D eigenvalue weighted by molar-refractivity contribution is 0.182. The van der Waals surface area contributed by atoms with Crippen LogP contribution in [0.4, 0.5) is 10.6 Å². The number of methoxy groups -OCH3 is 2. The maximum Gasteiger partial charge on any atom is 0.320 e. The van der Waals surface area contributed by atoms with Crippen LogP contribution in [-0.4, -0.2) is 35.4 Å². The quantitative estimate of drug-likeness (QED) is 0.631. The number of aromatic nitrogens is 3. The number of aromatic amines is 1. The van der Waals surface area contributed by atoms with Gasteiger partial charge in [-0.25, -0.2) is 9.78 Å². The Morgan fingerprint density at radius 2 is 2.04 bits per heavy atom. The molecule has 0 aliphatic rings. The zero-order chi connectivity index (χ0) is 18.5. The van der Waals surface area contributed by atoms with Gasteiger partial charge >= 0.3 is 6.03 Å². The summed E-state index contributed by atoms with van der Waals surface area (Å²) >= 11 is 0. The highest BCUT2D eigenvalue weighted by molar-refractivity contribution is 5.93. The van der Waals surface area contributed by atoms with Crippen LogP contribution in [0.15, 0.2) is 36.4 Å². The van der Waals surface area contributed by atoms with Crippen molar-refractivity contribution < 1.29 is 14.3 Å². The fourth-order valence-electron chi connectivity index (χ4n) is 2.72. The van der Waals surface area contributed by atoms with E-state index in [9.17, 15) is 4.79 Å². The van der Waals surface area contributed by atoms with Gasteiger partial charge < -0.3 is 14.8 Å². The lowest BCUT2D eigenvalue weighted by Gasteiger charge is -2.15. The molecular weight excluding hydrogens is 334 g/mol. The zero-order valence-electron chi connectivity index (χ0n) is 14.9. The van der Waals surface area contributed by atoms with Crippen LogP contribution in [0, 0.1) is 0 Å². The molecule has 0 saturated carbocycles. The van der Waals surface area contributed by atoms with Gasteiger partial charge in [0.15, 0.2) is 0 Å². The Kier molecular flexibility index (Phi) is 5.33. The number of benzene rings is 1. The maximum absolute atomic E-state index is 12.3. The molecule has 0 aliphatic carbocycles. The molecule has 0 saturated heterocycles. The van der Waals surface area contributed by atoms with Gasteiger partial charge in [-0.3, -0.25) is 10.4 Å². The molecule has 0 fully saturated rings. The van der Waals surface area contributed by atoms with Crippen molar-refractivity contribution in [3.8, 4) is 5.88 Å². The highest BCUT2D eigenvalue weighted by Gasteiger charge is 2.16.